The van der Waals surface area contributed by atoms with Crippen LogP contribution in [0.5, 0.6) is 5.75 Å². The van der Waals surface area contributed by atoms with Crippen molar-refractivity contribution in [2.75, 3.05) is 6.61 Å². The van der Waals surface area contributed by atoms with Gasteiger partial charge in [0.15, 0.2) is 6.61 Å². The standard InChI is InChI=1S/C16H17NO6/c1-9(2)15(16(20)21)17-13(18)8-22-11-5-3-10-4-6-14(19)23-12(10)7-11/h3-7,9,15H,8H2,1-2H3,(H,17,18)(H,20,21). The molecule has 2 rings (SSSR count). The Kier molecular flexibility index (Phi) is 5.00. The number of carbonyl (C=O) groups excluding carboxylic acids is 1. The molecule has 0 bridgehead atoms. The Morgan fingerprint density at radius 1 is 1.26 bits per heavy atom. The van der Waals surface area contributed by atoms with Crippen LogP contribution in [0.1, 0.15) is 13.8 Å². The van der Waals surface area contributed by atoms with Crippen molar-refractivity contribution in [1.82, 2.24) is 5.32 Å². The minimum Gasteiger partial charge on any atom is -0.484 e. The highest BCUT2D eigenvalue weighted by Gasteiger charge is 2.23. The van der Waals surface area contributed by atoms with Crippen molar-refractivity contribution < 1.29 is 23.8 Å². The first-order chi connectivity index (χ1) is 10.9. The quantitative estimate of drug-likeness (QED) is 0.780. The summed E-state index contributed by atoms with van der Waals surface area (Å²) in [7, 11) is 0. The topological polar surface area (TPSA) is 106 Å². The SMILES string of the molecule is CC(C)C(NC(=O)COc1ccc2ccc(=O)oc2c1)C(=O)O. The number of rotatable bonds is 6. The van der Waals surface area contributed by atoms with Crippen LogP contribution in [0.2, 0.25) is 0 Å². The van der Waals surface area contributed by atoms with Crippen LogP contribution in [0.15, 0.2) is 39.5 Å². The molecule has 1 aromatic heterocycles. The minimum absolute atomic E-state index is 0.244. The van der Waals surface area contributed by atoms with Crippen molar-refractivity contribution in [3.8, 4) is 5.75 Å². The number of benzene rings is 1. The molecule has 0 spiro atoms. The van der Waals surface area contributed by atoms with Gasteiger partial charge in [0, 0.05) is 17.5 Å². The number of fused-ring (bicyclic) bond motifs is 1. The van der Waals surface area contributed by atoms with Gasteiger partial charge < -0.3 is 19.6 Å². The van der Waals surface area contributed by atoms with Gasteiger partial charge in [-0.25, -0.2) is 9.59 Å². The summed E-state index contributed by atoms with van der Waals surface area (Å²) in [5, 5.41) is 12.1. The van der Waals surface area contributed by atoms with Gasteiger partial charge in [0.2, 0.25) is 0 Å². The predicted octanol–water partition coefficient (Wildman–Crippen LogP) is 1.40. The number of carbonyl (C=O) groups is 2. The maximum absolute atomic E-state index is 11.8. The summed E-state index contributed by atoms with van der Waals surface area (Å²) < 4.78 is 10.3. The number of ether oxygens (including phenoxy) is 1. The summed E-state index contributed by atoms with van der Waals surface area (Å²) in [6, 6.07) is 6.79. The number of nitrogens with one attached hydrogen (secondary N) is 1. The first-order valence-electron chi connectivity index (χ1n) is 7.05. The lowest BCUT2D eigenvalue weighted by Gasteiger charge is -2.17. The zero-order valence-corrected chi connectivity index (χ0v) is 12.7. The number of hydrogen-bond acceptors (Lipinski definition) is 5. The minimum atomic E-state index is -1.10. The van der Waals surface area contributed by atoms with E-state index in [1.807, 2.05) is 0 Å². The van der Waals surface area contributed by atoms with Crippen molar-refractivity contribution in [3.05, 3.63) is 40.8 Å². The summed E-state index contributed by atoms with van der Waals surface area (Å²) in [6.45, 7) is 3.07. The van der Waals surface area contributed by atoms with Crippen molar-refractivity contribution in [3.63, 3.8) is 0 Å². The normalized spacial score (nSPS) is 12.1. The van der Waals surface area contributed by atoms with Gasteiger partial charge in [-0.2, -0.15) is 0 Å². The maximum atomic E-state index is 11.8. The molecule has 7 nitrogen and oxygen atoms in total. The van der Waals surface area contributed by atoms with Gasteiger partial charge in [-0.15, -0.1) is 0 Å². The van der Waals surface area contributed by atoms with Crippen LogP contribution < -0.4 is 15.7 Å². The van der Waals surface area contributed by atoms with E-state index in [1.165, 1.54) is 12.1 Å². The Balaban J connectivity index is 2.01. The molecule has 7 heteroatoms. The lowest BCUT2D eigenvalue weighted by atomic mass is 10.1. The third kappa shape index (κ3) is 4.32. The molecule has 0 radical (unpaired) electrons. The molecule has 0 fully saturated rings. The molecule has 1 amide bonds. The van der Waals surface area contributed by atoms with Gasteiger partial charge in [-0.1, -0.05) is 13.8 Å². The van der Waals surface area contributed by atoms with E-state index >= 15 is 0 Å². The molecule has 2 N–H and O–H groups in total. The molecule has 122 valence electrons. The third-order valence-electron chi connectivity index (χ3n) is 3.21. The fourth-order valence-corrected chi connectivity index (χ4v) is 2.01. The highest BCUT2D eigenvalue weighted by Crippen LogP contribution is 2.19. The van der Waals surface area contributed by atoms with Crippen LogP contribution in [-0.4, -0.2) is 29.6 Å². The molecule has 1 heterocycles. The van der Waals surface area contributed by atoms with Gasteiger partial charge in [0.1, 0.15) is 17.4 Å². The van der Waals surface area contributed by atoms with E-state index < -0.39 is 23.5 Å². The summed E-state index contributed by atoms with van der Waals surface area (Å²) in [4.78, 5) is 34.0. The Bertz CT molecular complexity index is 779. The Hall–Kier alpha value is -2.83. The summed E-state index contributed by atoms with van der Waals surface area (Å²) in [6.07, 6.45) is 0. The fraction of sp³-hybridized carbons (Fsp3) is 0.312. The zero-order chi connectivity index (χ0) is 17.0. The molecular weight excluding hydrogens is 302 g/mol. The molecule has 2 aromatic rings. The number of aliphatic carboxylic acids is 1. The molecule has 23 heavy (non-hydrogen) atoms. The first kappa shape index (κ1) is 16.5. The smallest absolute Gasteiger partial charge is 0.336 e. The van der Waals surface area contributed by atoms with Crippen molar-refractivity contribution >= 4 is 22.8 Å². The summed E-state index contributed by atoms with van der Waals surface area (Å²) >= 11 is 0. The molecule has 0 aliphatic heterocycles. The predicted molar refractivity (Wildman–Crippen MR) is 82.4 cm³/mol. The van der Waals surface area contributed by atoms with E-state index in [1.54, 1.807) is 32.0 Å². The average Bonchev–Trinajstić information content (AvgIpc) is 2.49. The van der Waals surface area contributed by atoms with E-state index in [9.17, 15) is 14.4 Å². The summed E-state index contributed by atoms with van der Waals surface area (Å²) in [5.41, 5.74) is -0.130. The van der Waals surface area contributed by atoms with Crippen molar-refractivity contribution in [2.24, 2.45) is 5.92 Å². The summed E-state index contributed by atoms with van der Waals surface area (Å²) in [5.74, 6) is -1.54. The van der Waals surface area contributed by atoms with E-state index in [0.717, 1.165) is 5.39 Å². The van der Waals surface area contributed by atoms with Crippen LogP contribution in [0.3, 0.4) is 0 Å². The van der Waals surface area contributed by atoms with Crippen LogP contribution >= 0.6 is 0 Å². The second-order valence-corrected chi connectivity index (χ2v) is 5.37. The number of carboxylic acids is 1. The number of carboxylic acid groups (broad SMARTS) is 1. The molecule has 0 saturated heterocycles. The van der Waals surface area contributed by atoms with E-state index in [0.29, 0.717) is 11.3 Å². The zero-order valence-electron chi connectivity index (χ0n) is 12.7. The second kappa shape index (κ2) is 6.95. The Labute approximate surface area is 131 Å². The highest BCUT2D eigenvalue weighted by atomic mass is 16.5. The Morgan fingerprint density at radius 2 is 1.96 bits per heavy atom. The van der Waals surface area contributed by atoms with E-state index in [2.05, 4.69) is 5.32 Å². The lowest BCUT2D eigenvalue weighted by Crippen LogP contribution is -2.46. The fourth-order valence-electron chi connectivity index (χ4n) is 2.01. The van der Waals surface area contributed by atoms with Gasteiger partial charge in [0.05, 0.1) is 0 Å². The molecule has 0 saturated carbocycles. The average molecular weight is 319 g/mol. The largest absolute Gasteiger partial charge is 0.484 e. The van der Waals surface area contributed by atoms with Gasteiger partial charge in [-0.3, -0.25) is 4.79 Å². The molecule has 1 unspecified atom stereocenters. The van der Waals surface area contributed by atoms with Gasteiger partial charge in [-0.05, 0) is 24.1 Å². The van der Waals surface area contributed by atoms with Gasteiger partial charge in [0.25, 0.3) is 5.91 Å². The maximum Gasteiger partial charge on any atom is 0.336 e. The van der Waals surface area contributed by atoms with Crippen LogP contribution in [0, 0.1) is 5.92 Å². The number of amides is 1. The van der Waals surface area contributed by atoms with Gasteiger partial charge >= 0.3 is 11.6 Å². The van der Waals surface area contributed by atoms with E-state index in [4.69, 9.17) is 14.3 Å². The molecular formula is C16H17NO6. The van der Waals surface area contributed by atoms with Crippen LogP contribution in [0.4, 0.5) is 0 Å². The molecule has 0 aliphatic rings. The first-order valence-corrected chi connectivity index (χ1v) is 7.05. The lowest BCUT2D eigenvalue weighted by molar-refractivity contribution is -0.143. The van der Waals surface area contributed by atoms with E-state index in [-0.39, 0.29) is 12.5 Å². The third-order valence-corrected chi connectivity index (χ3v) is 3.21. The van der Waals surface area contributed by atoms with Crippen molar-refractivity contribution in [2.45, 2.75) is 19.9 Å². The van der Waals surface area contributed by atoms with Crippen LogP contribution in [-0.2, 0) is 9.59 Å². The second-order valence-electron chi connectivity index (χ2n) is 5.37. The monoisotopic (exact) mass is 319 g/mol. The van der Waals surface area contributed by atoms with Crippen LogP contribution in [0.25, 0.3) is 11.0 Å². The molecule has 1 aromatic carbocycles. The highest BCUT2D eigenvalue weighted by molar-refractivity contribution is 5.84. The molecule has 0 aliphatic carbocycles. The molecule has 1 atom stereocenters. The van der Waals surface area contributed by atoms with Crippen molar-refractivity contribution in [1.29, 1.82) is 0 Å². The number of hydrogen-bond donors (Lipinski definition) is 2. The Morgan fingerprint density at radius 3 is 2.61 bits per heavy atom.